The van der Waals surface area contributed by atoms with Crippen LogP contribution in [0.25, 0.3) is 5.69 Å². The monoisotopic (exact) mass is 318 g/mol. The van der Waals surface area contributed by atoms with Gasteiger partial charge in [0, 0.05) is 17.1 Å². The predicted octanol–water partition coefficient (Wildman–Crippen LogP) is -0.247. The largest absolute Gasteiger partial charge is 0.368 e. The van der Waals surface area contributed by atoms with E-state index in [0.29, 0.717) is 29.7 Å². The minimum absolute atomic E-state index is 0.269. The zero-order chi connectivity index (χ0) is 15.4. The van der Waals surface area contributed by atoms with E-state index in [1.165, 1.54) is 4.57 Å². The molecule has 0 saturated carbocycles. The van der Waals surface area contributed by atoms with Gasteiger partial charge in [-0.25, -0.2) is 14.0 Å². The molecule has 0 atom stereocenters. The number of nitrogens with zero attached hydrogens (tertiary/aromatic N) is 5. The summed E-state index contributed by atoms with van der Waals surface area (Å²) in [5.41, 5.74) is 6.17. The number of amidine groups is 1. The van der Waals surface area contributed by atoms with Crippen molar-refractivity contribution in [2.75, 3.05) is 18.0 Å². The van der Waals surface area contributed by atoms with Crippen molar-refractivity contribution < 1.29 is 4.79 Å². The van der Waals surface area contributed by atoms with Gasteiger partial charge in [0.1, 0.15) is 12.4 Å². The molecule has 112 valence electrons. The van der Waals surface area contributed by atoms with Crippen LogP contribution in [0, 0.1) is 0 Å². The molecule has 1 aromatic heterocycles. The van der Waals surface area contributed by atoms with Gasteiger partial charge in [0.25, 0.3) is 0 Å². The number of carbonyl (C=O) groups is 1. The molecule has 0 spiro atoms. The standard InChI is InChI=1S/C13H11ClN6O2/c14-7-1-2-8-9(5-7)20-12(18-4-3-16-11(8)18)17-19(13(20)22)6-10(15)21/h1-2,5H,3-4,6H2,(H2,15,21). The van der Waals surface area contributed by atoms with Crippen molar-refractivity contribution in [2.45, 2.75) is 6.54 Å². The topological polar surface area (TPSA) is 98.5 Å². The third kappa shape index (κ3) is 1.70. The fourth-order valence-electron chi connectivity index (χ4n) is 2.78. The summed E-state index contributed by atoms with van der Waals surface area (Å²) in [5.74, 6) is 0.562. The first kappa shape index (κ1) is 13.1. The number of anilines is 1. The molecule has 0 bridgehead atoms. The first-order valence-electron chi connectivity index (χ1n) is 6.67. The van der Waals surface area contributed by atoms with E-state index in [0.717, 1.165) is 16.1 Å². The SMILES string of the molecule is NC(=O)Cn1nc2n(c1=O)-c1cc(Cl)ccc1C1=NCCN12. The van der Waals surface area contributed by atoms with Gasteiger partial charge in [-0.05, 0) is 18.2 Å². The quantitative estimate of drug-likeness (QED) is 0.825. The normalized spacial score (nSPS) is 15.1. The third-order valence-corrected chi connectivity index (χ3v) is 3.89. The highest BCUT2D eigenvalue weighted by atomic mass is 35.5. The second-order valence-electron chi connectivity index (χ2n) is 5.06. The average Bonchev–Trinajstić information content (AvgIpc) is 3.04. The third-order valence-electron chi connectivity index (χ3n) is 3.65. The number of nitrogens with two attached hydrogens (primary N) is 1. The molecule has 2 aliphatic rings. The molecule has 0 aliphatic carbocycles. The van der Waals surface area contributed by atoms with Crippen LogP contribution < -0.4 is 16.3 Å². The molecule has 2 aliphatic heterocycles. The number of aromatic nitrogens is 3. The molecular weight excluding hydrogens is 308 g/mol. The van der Waals surface area contributed by atoms with Crippen LogP contribution in [0.2, 0.25) is 5.02 Å². The van der Waals surface area contributed by atoms with Crippen LogP contribution >= 0.6 is 11.6 Å². The number of benzene rings is 1. The molecule has 22 heavy (non-hydrogen) atoms. The van der Waals surface area contributed by atoms with Crippen molar-refractivity contribution >= 4 is 29.3 Å². The number of aliphatic imine (C=N–C) groups is 1. The van der Waals surface area contributed by atoms with E-state index in [1.54, 1.807) is 12.1 Å². The second-order valence-corrected chi connectivity index (χ2v) is 5.50. The molecule has 3 heterocycles. The van der Waals surface area contributed by atoms with Crippen molar-refractivity contribution in [3.8, 4) is 5.69 Å². The average molecular weight is 319 g/mol. The van der Waals surface area contributed by atoms with Crippen molar-refractivity contribution in [1.29, 1.82) is 0 Å². The number of hydrogen-bond donors (Lipinski definition) is 1. The molecule has 0 radical (unpaired) electrons. The number of fused-ring (bicyclic) bond motifs is 6. The van der Waals surface area contributed by atoms with E-state index in [9.17, 15) is 9.59 Å². The number of rotatable bonds is 2. The Bertz CT molecular complexity index is 896. The maximum Gasteiger partial charge on any atom is 0.352 e. The molecule has 0 saturated heterocycles. The van der Waals surface area contributed by atoms with E-state index in [1.807, 2.05) is 11.0 Å². The number of hydrogen-bond acceptors (Lipinski definition) is 5. The van der Waals surface area contributed by atoms with Gasteiger partial charge >= 0.3 is 5.69 Å². The van der Waals surface area contributed by atoms with Crippen LogP contribution in [0.5, 0.6) is 0 Å². The highest BCUT2D eigenvalue weighted by molar-refractivity contribution is 6.31. The summed E-state index contributed by atoms with van der Waals surface area (Å²) in [7, 11) is 0. The molecule has 9 heteroatoms. The van der Waals surface area contributed by atoms with E-state index in [2.05, 4.69) is 10.1 Å². The van der Waals surface area contributed by atoms with Crippen LogP contribution in [0.4, 0.5) is 5.95 Å². The maximum absolute atomic E-state index is 12.6. The fourth-order valence-corrected chi connectivity index (χ4v) is 2.95. The molecule has 0 unspecified atom stereocenters. The lowest BCUT2D eigenvalue weighted by molar-refractivity contribution is -0.118. The summed E-state index contributed by atoms with van der Waals surface area (Å²) in [6, 6.07) is 5.27. The van der Waals surface area contributed by atoms with Gasteiger partial charge < -0.3 is 5.73 Å². The van der Waals surface area contributed by atoms with Gasteiger partial charge in [0.15, 0.2) is 0 Å². The number of halogens is 1. The predicted molar refractivity (Wildman–Crippen MR) is 80.8 cm³/mol. The molecule has 2 aromatic rings. The summed E-state index contributed by atoms with van der Waals surface area (Å²) in [6.07, 6.45) is 0. The van der Waals surface area contributed by atoms with Crippen LogP contribution in [0.15, 0.2) is 28.0 Å². The Morgan fingerprint density at radius 2 is 2.23 bits per heavy atom. The Morgan fingerprint density at radius 1 is 1.41 bits per heavy atom. The lowest BCUT2D eigenvalue weighted by Crippen LogP contribution is -2.37. The lowest BCUT2D eigenvalue weighted by atomic mass is 10.1. The van der Waals surface area contributed by atoms with Gasteiger partial charge in [0.2, 0.25) is 11.9 Å². The maximum atomic E-state index is 12.6. The Balaban J connectivity index is 2.02. The molecule has 8 nitrogen and oxygen atoms in total. The van der Waals surface area contributed by atoms with Crippen molar-refractivity contribution in [3.05, 3.63) is 39.3 Å². The molecule has 1 aromatic carbocycles. The van der Waals surface area contributed by atoms with Gasteiger partial charge in [-0.2, -0.15) is 0 Å². The van der Waals surface area contributed by atoms with Crippen molar-refractivity contribution in [2.24, 2.45) is 10.7 Å². The highest BCUT2D eigenvalue weighted by Crippen LogP contribution is 2.31. The van der Waals surface area contributed by atoms with E-state index in [4.69, 9.17) is 17.3 Å². The van der Waals surface area contributed by atoms with Gasteiger partial charge in [-0.1, -0.05) is 11.6 Å². The number of primary amides is 1. The second kappa shape index (κ2) is 4.44. The minimum Gasteiger partial charge on any atom is -0.368 e. The minimum atomic E-state index is -0.626. The first-order chi connectivity index (χ1) is 10.6. The summed E-state index contributed by atoms with van der Waals surface area (Å²) < 4.78 is 2.50. The lowest BCUT2D eigenvalue weighted by Gasteiger charge is -2.26. The molecule has 0 fully saturated rings. The highest BCUT2D eigenvalue weighted by Gasteiger charge is 2.34. The van der Waals surface area contributed by atoms with E-state index >= 15 is 0 Å². The number of amides is 1. The first-order valence-corrected chi connectivity index (χ1v) is 7.04. The molecule has 1 amide bonds. The zero-order valence-electron chi connectivity index (χ0n) is 11.4. The summed E-state index contributed by atoms with van der Waals surface area (Å²) in [6.45, 7) is 0.980. The van der Waals surface area contributed by atoms with Crippen LogP contribution in [-0.4, -0.2) is 39.2 Å². The van der Waals surface area contributed by atoms with Crippen LogP contribution in [-0.2, 0) is 11.3 Å². The smallest absolute Gasteiger partial charge is 0.352 e. The van der Waals surface area contributed by atoms with E-state index < -0.39 is 11.6 Å². The van der Waals surface area contributed by atoms with E-state index in [-0.39, 0.29) is 6.54 Å². The van der Waals surface area contributed by atoms with Gasteiger partial charge in [0.05, 0.1) is 12.2 Å². The molecule has 4 rings (SSSR count). The van der Waals surface area contributed by atoms with Crippen LogP contribution in [0.3, 0.4) is 0 Å². The van der Waals surface area contributed by atoms with Crippen molar-refractivity contribution in [3.63, 3.8) is 0 Å². The summed E-state index contributed by atoms with van der Waals surface area (Å²) >= 11 is 6.06. The van der Waals surface area contributed by atoms with Crippen LogP contribution in [0.1, 0.15) is 5.56 Å². The Labute approximate surface area is 129 Å². The molecular formula is C13H11ClN6O2. The molecule has 2 N–H and O–H groups in total. The summed E-state index contributed by atoms with van der Waals surface area (Å²) in [5, 5.41) is 4.74. The summed E-state index contributed by atoms with van der Waals surface area (Å²) in [4.78, 5) is 30.0. The van der Waals surface area contributed by atoms with Gasteiger partial charge in [-0.3, -0.25) is 14.7 Å². The Morgan fingerprint density at radius 3 is 3.00 bits per heavy atom. The van der Waals surface area contributed by atoms with Crippen molar-refractivity contribution in [1.82, 2.24) is 14.3 Å². The Kier molecular flexibility index (Phi) is 2.64. The zero-order valence-corrected chi connectivity index (χ0v) is 12.1. The Hall–Kier alpha value is -2.61. The fraction of sp³-hybridized carbons (Fsp3) is 0.231. The number of carbonyl (C=O) groups excluding carboxylic acids is 1. The van der Waals surface area contributed by atoms with Gasteiger partial charge in [-0.15, -0.1) is 5.10 Å².